The zero-order chi connectivity index (χ0) is 16.9. The van der Waals surface area contributed by atoms with Crippen LogP contribution in [0.2, 0.25) is 0 Å². The third kappa shape index (κ3) is 4.56. The molecule has 0 saturated carbocycles. The Hall–Kier alpha value is -2.34. The molecule has 2 aromatic carbocycles. The average molecular weight is 323 g/mol. The Morgan fingerprint density at radius 3 is 2.26 bits per heavy atom. The SMILES string of the molecule is O=C(Cc1ccccc1C(F)(F)F)N[C@H](CO)c1ccccc1. The van der Waals surface area contributed by atoms with Gasteiger partial charge in [0, 0.05) is 0 Å². The third-order valence-electron chi connectivity index (χ3n) is 3.39. The molecule has 0 spiro atoms. The molecule has 0 saturated heterocycles. The Labute approximate surface area is 131 Å². The number of alkyl halides is 3. The molecule has 0 heterocycles. The van der Waals surface area contributed by atoms with Crippen LogP contribution in [0.3, 0.4) is 0 Å². The maximum atomic E-state index is 12.9. The van der Waals surface area contributed by atoms with Crippen LogP contribution < -0.4 is 5.32 Å². The summed E-state index contributed by atoms with van der Waals surface area (Å²) in [5, 5.41) is 11.9. The molecule has 1 amide bonds. The number of halogens is 3. The van der Waals surface area contributed by atoms with Gasteiger partial charge >= 0.3 is 6.18 Å². The molecule has 0 aliphatic rings. The lowest BCUT2D eigenvalue weighted by molar-refractivity contribution is -0.138. The number of aliphatic hydroxyl groups is 1. The van der Waals surface area contributed by atoms with Crippen molar-refractivity contribution >= 4 is 5.91 Å². The van der Waals surface area contributed by atoms with Gasteiger partial charge in [-0.2, -0.15) is 13.2 Å². The van der Waals surface area contributed by atoms with E-state index >= 15 is 0 Å². The van der Waals surface area contributed by atoms with E-state index in [2.05, 4.69) is 5.32 Å². The number of carbonyl (C=O) groups is 1. The van der Waals surface area contributed by atoms with Crippen LogP contribution in [0.5, 0.6) is 0 Å². The summed E-state index contributed by atoms with van der Waals surface area (Å²) in [7, 11) is 0. The first-order valence-corrected chi connectivity index (χ1v) is 7.02. The first-order chi connectivity index (χ1) is 10.9. The van der Waals surface area contributed by atoms with Crippen molar-refractivity contribution in [3.05, 3.63) is 71.3 Å². The molecule has 2 N–H and O–H groups in total. The second kappa shape index (κ2) is 7.28. The summed E-state index contributed by atoms with van der Waals surface area (Å²) < 4.78 is 38.8. The van der Waals surface area contributed by atoms with Crippen molar-refractivity contribution in [2.24, 2.45) is 0 Å². The zero-order valence-corrected chi connectivity index (χ0v) is 12.2. The summed E-state index contributed by atoms with van der Waals surface area (Å²) >= 11 is 0. The van der Waals surface area contributed by atoms with Crippen molar-refractivity contribution in [2.45, 2.75) is 18.6 Å². The first kappa shape index (κ1) is 17.0. The van der Waals surface area contributed by atoms with E-state index in [4.69, 9.17) is 0 Å². The lowest BCUT2D eigenvalue weighted by Gasteiger charge is -2.18. The molecule has 1 atom stereocenters. The fourth-order valence-corrected chi connectivity index (χ4v) is 2.29. The standard InChI is InChI=1S/C17H16F3NO2/c18-17(19,20)14-9-5-4-8-13(14)10-16(23)21-15(11-22)12-6-2-1-3-7-12/h1-9,15,22H,10-11H2,(H,21,23)/t15-/m1/s1. The molecule has 2 aromatic rings. The van der Waals surface area contributed by atoms with Gasteiger partial charge in [-0.1, -0.05) is 48.5 Å². The lowest BCUT2D eigenvalue weighted by Crippen LogP contribution is -2.32. The number of hydrogen-bond acceptors (Lipinski definition) is 2. The molecule has 0 bridgehead atoms. The third-order valence-corrected chi connectivity index (χ3v) is 3.39. The molecule has 0 fully saturated rings. The number of nitrogens with one attached hydrogen (secondary N) is 1. The van der Waals surface area contributed by atoms with Crippen molar-refractivity contribution in [3.8, 4) is 0 Å². The molecule has 23 heavy (non-hydrogen) atoms. The lowest BCUT2D eigenvalue weighted by atomic mass is 10.0. The molecular formula is C17H16F3NO2. The van der Waals surface area contributed by atoms with Crippen LogP contribution in [-0.4, -0.2) is 17.6 Å². The van der Waals surface area contributed by atoms with Crippen LogP contribution in [0.25, 0.3) is 0 Å². The van der Waals surface area contributed by atoms with E-state index in [1.807, 2.05) is 0 Å². The van der Waals surface area contributed by atoms with E-state index in [-0.39, 0.29) is 12.2 Å². The van der Waals surface area contributed by atoms with Crippen LogP contribution in [0.15, 0.2) is 54.6 Å². The van der Waals surface area contributed by atoms with E-state index in [1.165, 1.54) is 18.2 Å². The average Bonchev–Trinajstić information content (AvgIpc) is 2.53. The van der Waals surface area contributed by atoms with Gasteiger partial charge in [0.25, 0.3) is 0 Å². The minimum atomic E-state index is -4.51. The highest BCUT2D eigenvalue weighted by atomic mass is 19.4. The van der Waals surface area contributed by atoms with Gasteiger partial charge in [-0.25, -0.2) is 0 Å². The maximum absolute atomic E-state index is 12.9. The second-order valence-corrected chi connectivity index (χ2v) is 5.05. The van der Waals surface area contributed by atoms with Crippen LogP contribution >= 0.6 is 0 Å². The molecule has 0 aliphatic heterocycles. The molecule has 0 aromatic heterocycles. The largest absolute Gasteiger partial charge is 0.416 e. The van der Waals surface area contributed by atoms with E-state index in [0.29, 0.717) is 5.56 Å². The smallest absolute Gasteiger partial charge is 0.394 e. The summed E-state index contributed by atoms with van der Waals surface area (Å²) in [4.78, 5) is 12.0. The van der Waals surface area contributed by atoms with Gasteiger partial charge in [0.05, 0.1) is 24.6 Å². The van der Waals surface area contributed by atoms with Crippen molar-refractivity contribution in [1.82, 2.24) is 5.32 Å². The van der Waals surface area contributed by atoms with E-state index in [9.17, 15) is 23.1 Å². The van der Waals surface area contributed by atoms with Crippen LogP contribution in [0.1, 0.15) is 22.7 Å². The molecule has 2 rings (SSSR count). The van der Waals surface area contributed by atoms with Crippen molar-refractivity contribution in [3.63, 3.8) is 0 Å². The van der Waals surface area contributed by atoms with Gasteiger partial charge in [-0.15, -0.1) is 0 Å². The van der Waals surface area contributed by atoms with Gasteiger partial charge in [0.1, 0.15) is 0 Å². The summed E-state index contributed by atoms with van der Waals surface area (Å²) in [6.07, 6.45) is -4.91. The number of rotatable bonds is 5. The fourth-order valence-electron chi connectivity index (χ4n) is 2.29. The van der Waals surface area contributed by atoms with E-state index in [1.54, 1.807) is 30.3 Å². The fraction of sp³-hybridized carbons (Fsp3) is 0.235. The molecule has 6 heteroatoms. The topological polar surface area (TPSA) is 49.3 Å². The van der Waals surface area contributed by atoms with Gasteiger partial charge in [0.2, 0.25) is 5.91 Å². The second-order valence-electron chi connectivity index (χ2n) is 5.05. The first-order valence-electron chi connectivity index (χ1n) is 7.02. The summed E-state index contributed by atoms with van der Waals surface area (Å²) in [5.74, 6) is -0.579. The van der Waals surface area contributed by atoms with E-state index in [0.717, 1.165) is 6.07 Å². The number of aliphatic hydroxyl groups excluding tert-OH is 1. The van der Waals surface area contributed by atoms with Gasteiger partial charge in [-0.05, 0) is 17.2 Å². The molecule has 0 unspecified atom stereocenters. The molecule has 0 radical (unpaired) electrons. The minimum Gasteiger partial charge on any atom is -0.394 e. The van der Waals surface area contributed by atoms with Crippen LogP contribution in [0.4, 0.5) is 13.2 Å². The predicted octanol–water partition coefficient (Wildman–Crippen LogP) is 3.10. The van der Waals surface area contributed by atoms with Crippen LogP contribution in [0, 0.1) is 0 Å². The molecule has 3 nitrogen and oxygen atoms in total. The minimum absolute atomic E-state index is 0.0951. The van der Waals surface area contributed by atoms with Crippen molar-refractivity contribution < 1.29 is 23.1 Å². The zero-order valence-electron chi connectivity index (χ0n) is 12.2. The van der Waals surface area contributed by atoms with Gasteiger partial charge < -0.3 is 10.4 Å². The Balaban J connectivity index is 2.11. The Kier molecular flexibility index (Phi) is 5.39. The summed E-state index contributed by atoms with van der Waals surface area (Å²) in [6.45, 7) is -0.337. The summed E-state index contributed by atoms with van der Waals surface area (Å²) in [5.41, 5.74) is -0.231. The van der Waals surface area contributed by atoms with Crippen molar-refractivity contribution in [1.29, 1.82) is 0 Å². The normalized spacial score (nSPS) is 12.7. The monoisotopic (exact) mass is 323 g/mol. The van der Waals surface area contributed by atoms with E-state index < -0.39 is 30.1 Å². The van der Waals surface area contributed by atoms with Crippen LogP contribution in [-0.2, 0) is 17.4 Å². The van der Waals surface area contributed by atoms with Crippen molar-refractivity contribution in [2.75, 3.05) is 6.61 Å². The highest BCUT2D eigenvalue weighted by Gasteiger charge is 2.33. The molecular weight excluding hydrogens is 307 g/mol. The quantitative estimate of drug-likeness (QED) is 0.888. The molecule has 0 aliphatic carbocycles. The Bertz CT molecular complexity index is 656. The number of hydrogen-bond donors (Lipinski definition) is 2. The van der Waals surface area contributed by atoms with Gasteiger partial charge in [0.15, 0.2) is 0 Å². The highest BCUT2D eigenvalue weighted by molar-refractivity contribution is 5.79. The Morgan fingerprint density at radius 1 is 1.04 bits per heavy atom. The predicted molar refractivity (Wildman–Crippen MR) is 79.6 cm³/mol. The van der Waals surface area contributed by atoms with Gasteiger partial charge in [-0.3, -0.25) is 4.79 Å². The number of benzene rings is 2. The molecule has 122 valence electrons. The Morgan fingerprint density at radius 2 is 1.65 bits per heavy atom. The number of carbonyl (C=O) groups excluding carboxylic acids is 1. The summed E-state index contributed by atoms with van der Waals surface area (Å²) in [6, 6.07) is 13.1. The number of amides is 1. The highest BCUT2D eigenvalue weighted by Crippen LogP contribution is 2.32. The maximum Gasteiger partial charge on any atom is 0.416 e.